The molecule has 0 N–H and O–H groups in total. The molecule has 0 aromatic carbocycles. The Kier molecular flexibility index (Phi) is 4.59. The first-order valence-electron chi connectivity index (χ1n) is 5.00. The minimum absolute atomic E-state index is 0.410. The third-order valence-corrected chi connectivity index (χ3v) is 2.40. The minimum Gasteiger partial charge on any atom is -0.0880 e. The zero-order valence-electron chi connectivity index (χ0n) is 9.52. The van der Waals surface area contributed by atoms with Gasteiger partial charge in [-0.2, -0.15) is 0 Å². The molecule has 12 heavy (non-hydrogen) atoms. The van der Waals surface area contributed by atoms with Crippen molar-refractivity contribution < 1.29 is 0 Å². The van der Waals surface area contributed by atoms with Crippen LogP contribution in [0, 0.1) is 17.3 Å². The van der Waals surface area contributed by atoms with E-state index in [0.29, 0.717) is 11.3 Å². The molecule has 1 unspecified atom stereocenters. The van der Waals surface area contributed by atoms with Crippen LogP contribution in [0.4, 0.5) is 0 Å². The van der Waals surface area contributed by atoms with Gasteiger partial charge >= 0.3 is 0 Å². The van der Waals surface area contributed by atoms with Crippen molar-refractivity contribution in [3.8, 4) is 0 Å². The van der Waals surface area contributed by atoms with E-state index in [-0.39, 0.29) is 0 Å². The van der Waals surface area contributed by atoms with Crippen LogP contribution in [0.15, 0.2) is 12.2 Å². The van der Waals surface area contributed by atoms with Crippen molar-refractivity contribution in [2.75, 3.05) is 0 Å². The highest BCUT2D eigenvalue weighted by atomic mass is 14.2. The molecule has 0 bridgehead atoms. The van der Waals surface area contributed by atoms with Gasteiger partial charge in [0.25, 0.3) is 0 Å². The van der Waals surface area contributed by atoms with E-state index in [0.717, 1.165) is 5.92 Å². The molecule has 0 amide bonds. The number of hydrogen-bond acceptors (Lipinski definition) is 0. The molecule has 0 aliphatic rings. The van der Waals surface area contributed by atoms with E-state index in [1.54, 1.807) is 0 Å². The monoisotopic (exact) mass is 168 g/mol. The fraction of sp³-hybridized carbons (Fsp3) is 0.833. The van der Waals surface area contributed by atoms with E-state index in [1.165, 1.54) is 6.42 Å². The van der Waals surface area contributed by atoms with E-state index in [9.17, 15) is 0 Å². The van der Waals surface area contributed by atoms with Gasteiger partial charge in [0.1, 0.15) is 0 Å². The fourth-order valence-electron chi connectivity index (χ4n) is 0.844. The number of hydrogen-bond donors (Lipinski definition) is 0. The standard InChI is InChI=1S/C12H24/c1-10(2)8-7-9-11(3)12(4,5)6/h7,9-11H,8H2,1-6H3/b9-7+. The molecule has 0 saturated heterocycles. The Bertz CT molecular complexity index is 135. The Labute approximate surface area is 78.1 Å². The van der Waals surface area contributed by atoms with Crippen LogP contribution in [-0.2, 0) is 0 Å². The van der Waals surface area contributed by atoms with Gasteiger partial charge in [0.2, 0.25) is 0 Å². The molecule has 0 spiro atoms. The van der Waals surface area contributed by atoms with Gasteiger partial charge in [-0.05, 0) is 23.7 Å². The van der Waals surface area contributed by atoms with Crippen LogP contribution in [0.1, 0.15) is 48.0 Å². The molecule has 0 aromatic rings. The first-order chi connectivity index (χ1) is 5.34. The van der Waals surface area contributed by atoms with Crippen LogP contribution < -0.4 is 0 Å². The minimum atomic E-state index is 0.410. The smallest absolute Gasteiger partial charge is 0.0213 e. The highest BCUT2D eigenvalue weighted by Crippen LogP contribution is 2.26. The zero-order valence-corrected chi connectivity index (χ0v) is 9.52. The lowest BCUT2D eigenvalue weighted by Gasteiger charge is -2.24. The Morgan fingerprint density at radius 3 is 1.92 bits per heavy atom. The van der Waals surface area contributed by atoms with Crippen molar-refractivity contribution >= 4 is 0 Å². The second-order valence-electron chi connectivity index (χ2n) is 5.21. The highest BCUT2D eigenvalue weighted by Gasteiger charge is 2.16. The van der Waals surface area contributed by atoms with Crippen LogP contribution >= 0.6 is 0 Å². The summed E-state index contributed by atoms with van der Waals surface area (Å²) >= 11 is 0. The summed E-state index contributed by atoms with van der Waals surface area (Å²) < 4.78 is 0. The Morgan fingerprint density at radius 1 is 1.08 bits per heavy atom. The summed E-state index contributed by atoms with van der Waals surface area (Å²) in [4.78, 5) is 0. The van der Waals surface area contributed by atoms with Crippen molar-refractivity contribution in [2.45, 2.75) is 48.0 Å². The maximum atomic E-state index is 2.35. The first-order valence-corrected chi connectivity index (χ1v) is 5.00. The third kappa shape index (κ3) is 5.40. The topological polar surface area (TPSA) is 0 Å². The maximum absolute atomic E-state index is 2.35. The van der Waals surface area contributed by atoms with Gasteiger partial charge < -0.3 is 0 Å². The van der Waals surface area contributed by atoms with Crippen molar-refractivity contribution in [1.82, 2.24) is 0 Å². The van der Waals surface area contributed by atoms with E-state index in [4.69, 9.17) is 0 Å². The molecule has 0 aliphatic carbocycles. The maximum Gasteiger partial charge on any atom is -0.0213 e. The summed E-state index contributed by atoms with van der Waals surface area (Å²) in [6.45, 7) is 13.7. The lowest BCUT2D eigenvalue weighted by molar-refractivity contribution is 0.314. The highest BCUT2D eigenvalue weighted by molar-refractivity contribution is 4.91. The van der Waals surface area contributed by atoms with Crippen molar-refractivity contribution in [2.24, 2.45) is 17.3 Å². The Morgan fingerprint density at radius 2 is 1.58 bits per heavy atom. The van der Waals surface area contributed by atoms with Crippen molar-refractivity contribution in [1.29, 1.82) is 0 Å². The summed E-state index contributed by atoms with van der Waals surface area (Å²) in [7, 11) is 0. The lowest BCUT2D eigenvalue weighted by Crippen LogP contribution is -2.14. The van der Waals surface area contributed by atoms with Crippen LogP contribution in [0.3, 0.4) is 0 Å². The quantitative estimate of drug-likeness (QED) is 0.552. The Balaban J connectivity index is 3.84. The van der Waals surface area contributed by atoms with Crippen LogP contribution in [0.25, 0.3) is 0 Å². The molecule has 0 nitrogen and oxygen atoms in total. The van der Waals surface area contributed by atoms with Crippen LogP contribution in [0.2, 0.25) is 0 Å². The van der Waals surface area contributed by atoms with Crippen molar-refractivity contribution in [3.05, 3.63) is 12.2 Å². The Hall–Kier alpha value is -0.260. The summed E-state index contributed by atoms with van der Waals surface area (Å²) in [5.74, 6) is 1.46. The van der Waals surface area contributed by atoms with Crippen LogP contribution in [0.5, 0.6) is 0 Å². The average molecular weight is 168 g/mol. The predicted octanol–water partition coefficient (Wildman–Crippen LogP) is 4.27. The van der Waals surface area contributed by atoms with E-state index < -0.39 is 0 Å². The van der Waals surface area contributed by atoms with E-state index in [1.807, 2.05) is 0 Å². The molecular formula is C12H24. The van der Waals surface area contributed by atoms with Gasteiger partial charge in [-0.15, -0.1) is 0 Å². The summed E-state index contributed by atoms with van der Waals surface area (Å²) in [6, 6.07) is 0. The number of rotatable bonds is 3. The third-order valence-electron chi connectivity index (χ3n) is 2.40. The summed E-state index contributed by atoms with van der Waals surface area (Å²) in [6.07, 6.45) is 5.88. The molecule has 0 saturated carbocycles. The van der Waals surface area contributed by atoms with Gasteiger partial charge in [0, 0.05) is 0 Å². The molecule has 0 fully saturated rings. The van der Waals surface area contributed by atoms with Gasteiger partial charge in [0.05, 0.1) is 0 Å². The molecule has 0 aromatic heterocycles. The molecule has 0 aliphatic heterocycles. The first kappa shape index (κ1) is 11.7. The summed E-state index contributed by atoms with van der Waals surface area (Å²) in [5, 5.41) is 0. The normalized spacial score (nSPS) is 15.9. The number of allylic oxidation sites excluding steroid dienone is 2. The molecule has 0 heteroatoms. The summed E-state index contributed by atoms with van der Waals surface area (Å²) in [5.41, 5.74) is 0.410. The van der Waals surface area contributed by atoms with Crippen LogP contribution in [-0.4, -0.2) is 0 Å². The molecule has 0 heterocycles. The second-order valence-corrected chi connectivity index (χ2v) is 5.21. The molecule has 0 radical (unpaired) electrons. The molecular weight excluding hydrogens is 144 g/mol. The predicted molar refractivity (Wildman–Crippen MR) is 57.2 cm³/mol. The fourth-order valence-corrected chi connectivity index (χ4v) is 0.844. The van der Waals surface area contributed by atoms with Gasteiger partial charge in [-0.1, -0.05) is 53.7 Å². The van der Waals surface area contributed by atoms with Crippen molar-refractivity contribution in [3.63, 3.8) is 0 Å². The molecule has 1 atom stereocenters. The molecule has 72 valence electrons. The van der Waals surface area contributed by atoms with E-state index >= 15 is 0 Å². The van der Waals surface area contributed by atoms with Gasteiger partial charge in [-0.3, -0.25) is 0 Å². The largest absolute Gasteiger partial charge is 0.0880 e. The average Bonchev–Trinajstić information content (AvgIpc) is 1.84. The van der Waals surface area contributed by atoms with Gasteiger partial charge in [0.15, 0.2) is 0 Å². The lowest BCUT2D eigenvalue weighted by atomic mass is 9.82. The molecule has 0 rings (SSSR count). The SMILES string of the molecule is CC(C)C/C=C/C(C)C(C)(C)C. The zero-order chi connectivity index (χ0) is 9.78. The second kappa shape index (κ2) is 4.69. The van der Waals surface area contributed by atoms with E-state index in [2.05, 4.69) is 53.7 Å². The van der Waals surface area contributed by atoms with Gasteiger partial charge in [-0.25, -0.2) is 0 Å².